The highest BCUT2D eigenvalue weighted by Crippen LogP contribution is 2.26. The van der Waals surface area contributed by atoms with Crippen LogP contribution < -0.4 is 0 Å². The van der Waals surface area contributed by atoms with Crippen molar-refractivity contribution in [3.63, 3.8) is 0 Å². The van der Waals surface area contributed by atoms with Crippen molar-refractivity contribution < 1.29 is 4.79 Å². The molecule has 1 atom stereocenters. The number of carbonyl (C=O) groups excluding carboxylic acids is 1. The Bertz CT molecular complexity index is 388. The van der Waals surface area contributed by atoms with Gasteiger partial charge in [-0.3, -0.25) is 4.79 Å². The lowest BCUT2D eigenvalue weighted by Crippen LogP contribution is -2.20. The number of halogens is 2. The number of ketones is 1. The fourth-order valence-corrected chi connectivity index (χ4v) is 2.52. The van der Waals surface area contributed by atoms with E-state index in [-0.39, 0.29) is 11.7 Å². The molecule has 0 heterocycles. The second-order valence-corrected chi connectivity index (χ2v) is 5.72. The molecule has 0 aliphatic heterocycles. The van der Waals surface area contributed by atoms with Crippen molar-refractivity contribution in [1.82, 2.24) is 0 Å². The Hall–Kier alpha value is -0.340. The van der Waals surface area contributed by atoms with E-state index in [2.05, 4.69) is 29.8 Å². The molecule has 1 aromatic rings. The molecule has 0 spiro atoms. The fourth-order valence-electron chi connectivity index (χ4n) is 1.77. The van der Waals surface area contributed by atoms with Gasteiger partial charge in [0.05, 0.1) is 0 Å². The van der Waals surface area contributed by atoms with Crippen LogP contribution in [0.25, 0.3) is 0 Å². The van der Waals surface area contributed by atoms with Gasteiger partial charge >= 0.3 is 0 Å². The average molecular weight is 304 g/mol. The first kappa shape index (κ1) is 13.7. The molecule has 16 heavy (non-hydrogen) atoms. The molecule has 1 aromatic carbocycles. The van der Waals surface area contributed by atoms with E-state index in [4.69, 9.17) is 11.6 Å². The molecule has 0 saturated carbocycles. The SMILES string of the molecule is CC(=O)C(Cc1ccc(Br)cc1Cl)C(C)C. The van der Waals surface area contributed by atoms with Gasteiger partial charge in [-0.1, -0.05) is 47.4 Å². The standard InChI is InChI=1S/C13H16BrClO/c1-8(2)12(9(3)16)6-10-4-5-11(14)7-13(10)15/h4-5,7-8,12H,6H2,1-3H3. The summed E-state index contributed by atoms with van der Waals surface area (Å²) in [4.78, 5) is 11.5. The lowest BCUT2D eigenvalue weighted by Gasteiger charge is -2.18. The molecule has 0 aliphatic rings. The largest absolute Gasteiger partial charge is 0.300 e. The maximum absolute atomic E-state index is 11.5. The lowest BCUT2D eigenvalue weighted by atomic mass is 9.86. The normalized spacial score (nSPS) is 12.9. The first-order chi connectivity index (χ1) is 7.41. The summed E-state index contributed by atoms with van der Waals surface area (Å²) in [6, 6.07) is 5.80. The molecule has 3 heteroatoms. The quantitative estimate of drug-likeness (QED) is 0.800. The van der Waals surface area contributed by atoms with Crippen molar-refractivity contribution in [1.29, 1.82) is 0 Å². The summed E-state index contributed by atoms with van der Waals surface area (Å²) in [5.74, 6) is 0.630. The number of Topliss-reactive ketones (excluding diaryl/α,β-unsaturated/α-hetero) is 1. The van der Waals surface area contributed by atoms with Gasteiger partial charge in [0.25, 0.3) is 0 Å². The number of hydrogen-bond acceptors (Lipinski definition) is 1. The van der Waals surface area contributed by atoms with Crippen LogP contribution >= 0.6 is 27.5 Å². The monoisotopic (exact) mass is 302 g/mol. The van der Waals surface area contributed by atoms with E-state index in [1.165, 1.54) is 0 Å². The van der Waals surface area contributed by atoms with Crippen molar-refractivity contribution in [3.05, 3.63) is 33.3 Å². The van der Waals surface area contributed by atoms with E-state index in [0.29, 0.717) is 5.92 Å². The van der Waals surface area contributed by atoms with Gasteiger partial charge in [0.2, 0.25) is 0 Å². The van der Waals surface area contributed by atoms with Gasteiger partial charge in [-0.05, 0) is 37.0 Å². The molecule has 88 valence electrons. The molecule has 0 saturated heterocycles. The van der Waals surface area contributed by atoms with E-state index >= 15 is 0 Å². The summed E-state index contributed by atoms with van der Waals surface area (Å²) < 4.78 is 0.963. The van der Waals surface area contributed by atoms with Crippen molar-refractivity contribution in [2.45, 2.75) is 27.2 Å². The fraction of sp³-hybridized carbons (Fsp3) is 0.462. The molecular formula is C13H16BrClO. The third-order valence-electron chi connectivity index (χ3n) is 2.78. The Balaban J connectivity index is 2.90. The van der Waals surface area contributed by atoms with Gasteiger partial charge in [-0.15, -0.1) is 0 Å². The third-order valence-corrected chi connectivity index (χ3v) is 3.63. The van der Waals surface area contributed by atoms with E-state index in [1.54, 1.807) is 6.92 Å². The summed E-state index contributed by atoms with van der Waals surface area (Å²) in [5, 5.41) is 0.723. The predicted molar refractivity (Wildman–Crippen MR) is 71.9 cm³/mol. The lowest BCUT2D eigenvalue weighted by molar-refractivity contribution is -0.121. The van der Waals surface area contributed by atoms with Crippen LogP contribution in [-0.4, -0.2) is 5.78 Å². The Morgan fingerprint density at radius 2 is 2.06 bits per heavy atom. The van der Waals surface area contributed by atoms with Crippen LogP contribution in [0.15, 0.2) is 22.7 Å². The zero-order chi connectivity index (χ0) is 12.3. The van der Waals surface area contributed by atoms with E-state index in [0.717, 1.165) is 21.5 Å². The Kier molecular flexibility index (Phi) is 5.00. The molecule has 1 unspecified atom stereocenters. The maximum atomic E-state index is 11.5. The molecular weight excluding hydrogens is 287 g/mol. The molecule has 0 aromatic heterocycles. The highest BCUT2D eigenvalue weighted by atomic mass is 79.9. The van der Waals surface area contributed by atoms with Crippen LogP contribution in [0.3, 0.4) is 0 Å². The Morgan fingerprint density at radius 3 is 2.50 bits per heavy atom. The topological polar surface area (TPSA) is 17.1 Å². The summed E-state index contributed by atoms with van der Waals surface area (Å²) in [5.41, 5.74) is 1.04. The highest BCUT2D eigenvalue weighted by Gasteiger charge is 2.19. The summed E-state index contributed by atoms with van der Waals surface area (Å²) in [6.45, 7) is 5.79. The van der Waals surface area contributed by atoms with Crippen molar-refractivity contribution in [2.24, 2.45) is 11.8 Å². The molecule has 0 aliphatic carbocycles. The predicted octanol–water partition coefficient (Wildman–Crippen LogP) is 4.51. The second kappa shape index (κ2) is 5.83. The van der Waals surface area contributed by atoms with Gasteiger partial charge in [-0.25, -0.2) is 0 Å². The van der Waals surface area contributed by atoms with E-state index < -0.39 is 0 Å². The second-order valence-electron chi connectivity index (χ2n) is 4.40. The van der Waals surface area contributed by atoms with E-state index in [9.17, 15) is 4.79 Å². The van der Waals surface area contributed by atoms with Crippen molar-refractivity contribution >= 4 is 33.3 Å². The minimum Gasteiger partial charge on any atom is -0.300 e. The number of benzene rings is 1. The number of hydrogen-bond donors (Lipinski definition) is 0. The molecule has 1 nitrogen and oxygen atoms in total. The molecule has 0 radical (unpaired) electrons. The number of carbonyl (C=O) groups is 1. The van der Waals surface area contributed by atoms with Gasteiger partial charge in [0, 0.05) is 15.4 Å². The first-order valence-corrected chi connectivity index (χ1v) is 6.53. The molecule has 0 amide bonds. The van der Waals surface area contributed by atoms with Crippen LogP contribution in [0.4, 0.5) is 0 Å². The van der Waals surface area contributed by atoms with Crippen LogP contribution in [0.2, 0.25) is 5.02 Å². The molecule has 0 N–H and O–H groups in total. The van der Waals surface area contributed by atoms with Gasteiger partial charge < -0.3 is 0 Å². The van der Waals surface area contributed by atoms with Crippen molar-refractivity contribution in [2.75, 3.05) is 0 Å². The van der Waals surface area contributed by atoms with Gasteiger partial charge in [0.1, 0.15) is 5.78 Å². The average Bonchev–Trinajstić information content (AvgIpc) is 2.15. The zero-order valence-electron chi connectivity index (χ0n) is 9.76. The molecule has 1 rings (SSSR count). The Morgan fingerprint density at radius 1 is 1.44 bits per heavy atom. The summed E-state index contributed by atoms with van der Waals surface area (Å²) in [7, 11) is 0. The van der Waals surface area contributed by atoms with Gasteiger partial charge in [-0.2, -0.15) is 0 Å². The first-order valence-electron chi connectivity index (χ1n) is 5.36. The van der Waals surface area contributed by atoms with Crippen LogP contribution in [0, 0.1) is 11.8 Å². The maximum Gasteiger partial charge on any atom is 0.133 e. The van der Waals surface area contributed by atoms with Crippen LogP contribution in [0.1, 0.15) is 26.3 Å². The van der Waals surface area contributed by atoms with E-state index in [1.807, 2.05) is 18.2 Å². The molecule has 0 bridgehead atoms. The summed E-state index contributed by atoms with van der Waals surface area (Å²) >= 11 is 9.51. The van der Waals surface area contributed by atoms with Crippen molar-refractivity contribution in [3.8, 4) is 0 Å². The third kappa shape index (κ3) is 3.60. The van der Waals surface area contributed by atoms with Crippen LogP contribution in [0.5, 0.6) is 0 Å². The van der Waals surface area contributed by atoms with Crippen LogP contribution in [-0.2, 0) is 11.2 Å². The minimum atomic E-state index is 0.0543. The summed E-state index contributed by atoms with van der Waals surface area (Å²) in [6.07, 6.45) is 0.721. The minimum absolute atomic E-state index is 0.0543. The molecule has 0 fully saturated rings. The number of rotatable bonds is 4. The highest BCUT2D eigenvalue weighted by molar-refractivity contribution is 9.10. The zero-order valence-corrected chi connectivity index (χ0v) is 12.1. The van der Waals surface area contributed by atoms with Gasteiger partial charge in [0.15, 0.2) is 0 Å². The Labute approximate surface area is 110 Å². The smallest absolute Gasteiger partial charge is 0.133 e.